The molecule has 1 atom stereocenters. The number of nitrogens with zero attached hydrogens (tertiary/aromatic N) is 1. The quantitative estimate of drug-likeness (QED) is 0.725. The lowest BCUT2D eigenvalue weighted by molar-refractivity contribution is 0.0877. The fraction of sp³-hybridized carbons (Fsp3) is 0.571. The highest BCUT2D eigenvalue weighted by atomic mass is 19.3. The lowest BCUT2D eigenvalue weighted by atomic mass is 10.0. The van der Waals surface area contributed by atoms with Gasteiger partial charge in [0.25, 0.3) is 5.92 Å². The fourth-order valence-electron chi connectivity index (χ4n) is 1.40. The average Bonchev–Trinajstić information content (AvgIpc) is 2.52. The summed E-state index contributed by atoms with van der Waals surface area (Å²) in [7, 11) is 0. The minimum absolute atomic E-state index is 0.0907. The minimum atomic E-state index is -2.71. The van der Waals surface area contributed by atoms with E-state index in [2.05, 4.69) is 9.68 Å². The van der Waals surface area contributed by atoms with E-state index in [4.69, 9.17) is 5.73 Å². The molecule has 0 aliphatic heterocycles. The maximum absolute atomic E-state index is 12.9. The van der Waals surface area contributed by atoms with Crippen molar-refractivity contribution in [2.24, 2.45) is 5.73 Å². The van der Waals surface area contributed by atoms with Gasteiger partial charge in [0.15, 0.2) is 0 Å². The summed E-state index contributed by atoms with van der Waals surface area (Å²) < 4.78 is 30.2. The van der Waals surface area contributed by atoms with E-state index in [0.717, 1.165) is 0 Å². The van der Waals surface area contributed by atoms with Gasteiger partial charge in [0.1, 0.15) is 6.26 Å². The Labute approximate surface area is 67.5 Å². The summed E-state index contributed by atoms with van der Waals surface area (Å²) in [6, 6.07) is 1.44. The monoisotopic (exact) mass is 174 g/mol. The van der Waals surface area contributed by atoms with E-state index < -0.39 is 11.3 Å². The van der Waals surface area contributed by atoms with Crippen molar-refractivity contribution in [1.82, 2.24) is 5.16 Å². The van der Waals surface area contributed by atoms with Crippen LogP contribution in [0, 0.1) is 0 Å². The Balaban J connectivity index is 2.34. The molecule has 1 heterocycles. The van der Waals surface area contributed by atoms with Gasteiger partial charge in [-0.2, -0.15) is 0 Å². The molecule has 0 saturated heterocycles. The van der Waals surface area contributed by atoms with E-state index in [1.807, 2.05) is 0 Å². The van der Waals surface area contributed by atoms with Crippen molar-refractivity contribution < 1.29 is 13.3 Å². The van der Waals surface area contributed by atoms with E-state index >= 15 is 0 Å². The molecule has 1 fully saturated rings. The zero-order valence-corrected chi connectivity index (χ0v) is 6.26. The van der Waals surface area contributed by atoms with Crippen LogP contribution in [0.5, 0.6) is 0 Å². The molecule has 1 aliphatic rings. The van der Waals surface area contributed by atoms with Crippen molar-refractivity contribution in [3.05, 3.63) is 18.0 Å². The molecule has 2 rings (SSSR count). The molecule has 0 spiro atoms. The summed E-state index contributed by atoms with van der Waals surface area (Å²) in [4.78, 5) is 0. The number of halogens is 2. The maximum atomic E-state index is 12.9. The Morgan fingerprint density at radius 3 is 2.67 bits per heavy atom. The maximum Gasteiger partial charge on any atom is 0.261 e. The normalized spacial score (nSPS) is 31.9. The third kappa shape index (κ3) is 0.741. The van der Waals surface area contributed by atoms with Gasteiger partial charge in [0.05, 0.1) is 11.1 Å². The smallest absolute Gasteiger partial charge is 0.261 e. The first-order chi connectivity index (χ1) is 5.62. The Bertz CT molecular complexity index is 286. The van der Waals surface area contributed by atoms with Gasteiger partial charge >= 0.3 is 0 Å². The summed E-state index contributed by atoms with van der Waals surface area (Å²) in [5, 5.41) is 3.48. The van der Waals surface area contributed by atoms with Crippen molar-refractivity contribution in [3.63, 3.8) is 0 Å². The fourth-order valence-corrected chi connectivity index (χ4v) is 1.40. The first-order valence-electron chi connectivity index (χ1n) is 3.61. The van der Waals surface area contributed by atoms with E-state index in [1.165, 1.54) is 12.3 Å². The molecule has 0 aromatic carbocycles. The van der Waals surface area contributed by atoms with E-state index in [-0.39, 0.29) is 18.7 Å². The molecule has 1 aromatic rings. The molecule has 1 aliphatic carbocycles. The highest BCUT2D eigenvalue weighted by molar-refractivity contribution is 5.32. The van der Waals surface area contributed by atoms with Crippen LogP contribution in [-0.4, -0.2) is 17.6 Å². The lowest BCUT2D eigenvalue weighted by Gasteiger charge is -2.08. The minimum Gasteiger partial charge on any atom is -0.364 e. The molecule has 3 nitrogen and oxygen atoms in total. The average molecular weight is 174 g/mol. The largest absolute Gasteiger partial charge is 0.364 e. The predicted molar refractivity (Wildman–Crippen MR) is 36.8 cm³/mol. The van der Waals surface area contributed by atoms with Gasteiger partial charge in [0, 0.05) is 19.0 Å². The molecular formula is C7H8F2N2O. The van der Waals surface area contributed by atoms with Gasteiger partial charge < -0.3 is 10.3 Å². The van der Waals surface area contributed by atoms with Crippen LogP contribution in [-0.2, 0) is 5.41 Å². The van der Waals surface area contributed by atoms with Gasteiger partial charge in [-0.15, -0.1) is 0 Å². The van der Waals surface area contributed by atoms with Gasteiger partial charge in [-0.3, -0.25) is 0 Å². The molecule has 66 valence electrons. The molecule has 1 unspecified atom stereocenters. The van der Waals surface area contributed by atoms with Crippen LogP contribution in [0.2, 0.25) is 0 Å². The number of hydrogen-bond acceptors (Lipinski definition) is 3. The number of rotatable bonds is 2. The van der Waals surface area contributed by atoms with Crippen molar-refractivity contribution in [2.45, 2.75) is 17.8 Å². The molecule has 1 aromatic heterocycles. The third-order valence-corrected chi connectivity index (χ3v) is 2.38. The Kier molecular flexibility index (Phi) is 1.30. The lowest BCUT2D eigenvalue weighted by Crippen LogP contribution is -2.27. The number of alkyl halides is 2. The highest BCUT2D eigenvalue weighted by Crippen LogP contribution is 2.60. The van der Waals surface area contributed by atoms with E-state index in [1.54, 1.807) is 0 Å². The van der Waals surface area contributed by atoms with Crippen molar-refractivity contribution in [2.75, 3.05) is 6.54 Å². The van der Waals surface area contributed by atoms with Crippen LogP contribution < -0.4 is 5.73 Å². The standard InChI is InChI=1S/C7H8F2N2O/c8-7(9)3-6(7,4-10)5-1-2-12-11-5/h1-2H,3-4,10H2. The Morgan fingerprint density at radius 1 is 1.67 bits per heavy atom. The van der Waals surface area contributed by atoms with Crippen molar-refractivity contribution in [1.29, 1.82) is 0 Å². The van der Waals surface area contributed by atoms with Crippen molar-refractivity contribution >= 4 is 0 Å². The summed E-state index contributed by atoms with van der Waals surface area (Å²) in [6.07, 6.45) is 1.06. The summed E-state index contributed by atoms with van der Waals surface area (Å²) in [6.45, 7) is -0.0907. The molecule has 1 saturated carbocycles. The number of nitrogens with two attached hydrogens (primary N) is 1. The Hall–Kier alpha value is -0.970. The molecule has 0 radical (unpaired) electrons. The van der Waals surface area contributed by atoms with Crippen LogP contribution in [0.1, 0.15) is 12.1 Å². The second-order valence-corrected chi connectivity index (χ2v) is 3.05. The number of aromatic nitrogens is 1. The van der Waals surface area contributed by atoms with Gasteiger partial charge in [-0.1, -0.05) is 5.16 Å². The van der Waals surface area contributed by atoms with Crippen LogP contribution in [0.25, 0.3) is 0 Å². The predicted octanol–water partition coefficient (Wildman–Crippen LogP) is 0.910. The molecule has 12 heavy (non-hydrogen) atoms. The second-order valence-electron chi connectivity index (χ2n) is 3.05. The SMILES string of the molecule is NCC1(c2ccon2)CC1(F)F. The molecule has 5 heteroatoms. The molecule has 0 bridgehead atoms. The van der Waals surface area contributed by atoms with Gasteiger partial charge in [-0.05, 0) is 0 Å². The Morgan fingerprint density at radius 2 is 2.33 bits per heavy atom. The zero-order valence-electron chi connectivity index (χ0n) is 6.26. The zero-order chi connectivity index (χ0) is 8.82. The van der Waals surface area contributed by atoms with E-state index in [0.29, 0.717) is 0 Å². The topological polar surface area (TPSA) is 52.0 Å². The first kappa shape index (κ1) is 7.67. The first-order valence-corrected chi connectivity index (χ1v) is 3.61. The third-order valence-electron chi connectivity index (χ3n) is 2.38. The van der Waals surface area contributed by atoms with E-state index in [9.17, 15) is 8.78 Å². The molecule has 0 amide bonds. The molecule has 2 N–H and O–H groups in total. The highest BCUT2D eigenvalue weighted by Gasteiger charge is 2.72. The number of hydrogen-bond donors (Lipinski definition) is 1. The van der Waals surface area contributed by atoms with Crippen LogP contribution in [0.4, 0.5) is 8.78 Å². The second kappa shape index (κ2) is 2.04. The van der Waals surface area contributed by atoms with Gasteiger partial charge in [0.2, 0.25) is 0 Å². The summed E-state index contributed by atoms with van der Waals surface area (Å²) in [5.41, 5.74) is 4.28. The molecular weight excluding hydrogens is 166 g/mol. The van der Waals surface area contributed by atoms with Crippen molar-refractivity contribution in [3.8, 4) is 0 Å². The summed E-state index contributed by atoms with van der Waals surface area (Å²) >= 11 is 0. The van der Waals surface area contributed by atoms with Crippen LogP contribution >= 0.6 is 0 Å². The van der Waals surface area contributed by atoms with Gasteiger partial charge in [-0.25, -0.2) is 8.78 Å². The summed E-state index contributed by atoms with van der Waals surface area (Å²) in [5.74, 6) is -2.71. The van der Waals surface area contributed by atoms with Crippen LogP contribution in [0.3, 0.4) is 0 Å². The van der Waals surface area contributed by atoms with Crippen LogP contribution in [0.15, 0.2) is 16.9 Å².